The fourth-order valence-corrected chi connectivity index (χ4v) is 5.01. The van der Waals surface area contributed by atoms with Crippen molar-refractivity contribution in [2.24, 2.45) is 0 Å². The zero-order chi connectivity index (χ0) is 25.4. The SMILES string of the molecule is CC#CCOc1ccc(S(=O)(=O)N2CCN(C(=O)Nc3ccc(OC)cc3)CC2C(=O)NO)cc1. The van der Waals surface area contributed by atoms with Gasteiger partial charge in [-0.25, -0.2) is 18.7 Å². The van der Waals surface area contributed by atoms with Gasteiger partial charge in [-0.2, -0.15) is 4.31 Å². The van der Waals surface area contributed by atoms with Crippen LogP contribution in [0.25, 0.3) is 0 Å². The normalized spacial score (nSPS) is 16.0. The average molecular weight is 503 g/mol. The van der Waals surface area contributed by atoms with Gasteiger partial charge in [0.2, 0.25) is 10.0 Å². The summed E-state index contributed by atoms with van der Waals surface area (Å²) in [6.07, 6.45) is 0. The topological polar surface area (TPSA) is 138 Å². The minimum absolute atomic E-state index is 0.0350. The van der Waals surface area contributed by atoms with E-state index in [4.69, 9.17) is 9.47 Å². The maximum absolute atomic E-state index is 13.3. The minimum Gasteiger partial charge on any atom is -0.497 e. The van der Waals surface area contributed by atoms with Crippen LogP contribution in [0.15, 0.2) is 53.4 Å². The number of nitrogens with zero attached hydrogens (tertiary/aromatic N) is 2. The summed E-state index contributed by atoms with van der Waals surface area (Å²) in [5, 5.41) is 11.9. The molecule has 1 unspecified atom stereocenters. The van der Waals surface area contributed by atoms with Gasteiger partial charge in [0, 0.05) is 25.3 Å². The number of benzene rings is 2. The Morgan fingerprint density at radius 1 is 1.09 bits per heavy atom. The molecule has 186 valence electrons. The molecule has 1 aliphatic heterocycles. The van der Waals surface area contributed by atoms with E-state index < -0.39 is 28.0 Å². The van der Waals surface area contributed by atoms with Gasteiger partial charge < -0.3 is 19.7 Å². The molecule has 0 spiro atoms. The summed E-state index contributed by atoms with van der Waals surface area (Å²) in [5.74, 6) is 5.55. The molecule has 0 bridgehead atoms. The summed E-state index contributed by atoms with van der Waals surface area (Å²) < 4.78 is 38.0. The number of methoxy groups -OCH3 is 1. The van der Waals surface area contributed by atoms with Gasteiger partial charge in [0.15, 0.2) is 0 Å². The van der Waals surface area contributed by atoms with E-state index in [1.54, 1.807) is 31.2 Å². The van der Waals surface area contributed by atoms with E-state index in [1.807, 2.05) is 0 Å². The molecule has 3 amide bonds. The maximum atomic E-state index is 13.3. The van der Waals surface area contributed by atoms with Crippen molar-refractivity contribution in [3.63, 3.8) is 0 Å². The van der Waals surface area contributed by atoms with Gasteiger partial charge in [-0.15, -0.1) is 5.92 Å². The molecule has 0 radical (unpaired) electrons. The molecule has 3 N–H and O–H groups in total. The number of amides is 3. The summed E-state index contributed by atoms with van der Waals surface area (Å²) in [4.78, 5) is 26.4. The predicted molar refractivity (Wildman–Crippen MR) is 127 cm³/mol. The predicted octanol–water partition coefficient (Wildman–Crippen LogP) is 1.51. The molecule has 0 aromatic heterocycles. The van der Waals surface area contributed by atoms with Crippen molar-refractivity contribution in [3.05, 3.63) is 48.5 Å². The number of carbonyl (C=O) groups is 2. The van der Waals surface area contributed by atoms with Crippen molar-refractivity contribution in [1.29, 1.82) is 0 Å². The Kier molecular flexibility index (Phi) is 8.53. The fourth-order valence-electron chi connectivity index (χ4n) is 3.44. The van der Waals surface area contributed by atoms with Crippen LogP contribution in [0.3, 0.4) is 0 Å². The number of nitrogens with one attached hydrogen (secondary N) is 2. The lowest BCUT2D eigenvalue weighted by atomic mass is 10.2. The van der Waals surface area contributed by atoms with Crippen LogP contribution in [0.4, 0.5) is 10.5 Å². The lowest BCUT2D eigenvalue weighted by Gasteiger charge is -2.39. The molecule has 1 aliphatic rings. The molecule has 1 saturated heterocycles. The summed E-state index contributed by atoms with van der Waals surface area (Å²) in [5.41, 5.74) is 2.00. The molecular formula is C23H26N4O7S. The number of urea groups is 1. The molecule has 2 aromatic rings. The molecule has 1 fully saturated rings. The number of rotatable bonds is 7. The van der Waals surface area contributed by atoms with Crippen molar-refractivity contribution in [2.45, 2.75) is 17.9 Å². The number of sulfonamides is 1. The highest BCUT2D eigenvalue weighted by Gasteiger charge is 2.41. The summed E-state index contributed by atoms with van der Waals surface area (Å²) in [7, 11) is -2.59. The van der Waals surface area contributed by atoms with Crippen molar-refractivity contribution in [2.75, 3.05) is 38.7 Å². The second-order valence-corrected chi connectivity index (χ2v) is 9.29. The number of ether oxygens (including phenoxy) is 2. The van der Waals surface area contributed by atoms with Gasteiger partial charge in [-0.1, -0.05) is 5.92 Å². The molecule has 0 aliphatic carbocycles. The fraction of sp³-hybridized carbons (Fsp3) is 0.304. The molecule has 1 atom stereocenters. The first-order valence-corrected chi connectivity index (χ1v) is 12.0. The number of carbonyl (C=O) groups excluding carboxylic acids is 2. The number of hydrogen-bond donors (Lipinski definition) is 3. The average Bonchev–Trinajstić information content (AvgIpc) is 2.88. The van der Waals surface area contributed by atoms with Crippen LogP contribution in [-0.4, -0.2) is 74.2 Å². The first-order valence-electron chi connectivity index (χ1n) is 10.6. The third-order valence-electron chi connectivity index (χ3n) is 5.29. The van der Waals surface area contributed by atoms with Crippen molar-refractivity contribution < 1.29 is 32.7 Å². The van der Waals surface area contributed by atoms with Gasteiger partial charge >= 0.3 is 6.03 Å². The largest absolute Gasteiger partial charge is 0.497 e. The highest BCUT2D eigenvalue weighted by atomic mass is 32.2. The van der Waals surface area contributed by atoms with Gasteiger partial charge in [-0.3, -0.25) is 10.0 Å². The molecule has 0 saturated carbocycles. The number of hydrogen-bond acceptors (Lipinski definition) is 7. The van der Waals surface area contributed by atoms with Gasteiger partial charge in [0.05, 0.1) is 12.0 Å². The second-order valence-electron chi connectivity index (χ2n) is 7.40. The zero-order valence-electron chi connectivity index (χ0n) is 19.2. The number of anilines is 1. The van der Waals surface area contributed by atoms with Crippen molar-refractivity contribution in [1.82, 2.24) is 14.7 Å². The number of hydroxylamine groups is 1. The Labute approximate surface area is 203 Å². The number of piperazine rings is 1. The molecule has 2 aromatic carbocycles. The van der Waals surface area contributed by atoms with E-state index in [9.17, 15) is 23.2 Å². The lowest BCUT2D eigenvalue weighted by Crippen LogP contribution is -2.61. The quantitative estimate of drug-likeness (QED) is 0.296. The van der Waals surface area contributed by atoms with Gasteiger partial charge in [0.25, 0.3) is 5.91 Å². The van der Waals surface area contributed by atoms with E-state index >= 15 is 0 Å². The third kappa shape index (κ3) is 6.21. The lowest BCUT2D eigenvalue weighted by molar-refractivity contribution is -0.134. The van der Waals surface area contributed by atoms with Crippen LogP contribution >= 0.6 is 0 Å². The first kappa shape index (κ1) is 25.8. The van der Waals surface area contributed by atoms with Crippen molar-refractivity contribution in [3.8, 4) is 23.3 Å². The Hall–Kier alpha value is -3.79. The molecule has 3 rings (SSSR count). The van der Waals surface area contributed by atoms with Crippen LogP contribution in [0, 0.1) is 11.8 Å². The Balaban J connectivity index is 1.74. The van der Waals surface area contributed by atoms with E-state index in [0.29, 0.717) is 17.2 Å². The van der Waals surface area contributed by atoms with Crippen LogP contribution in [0.5, 0.6) is 11.5 Å². The summed E-state index contributed by atoms with van der Waals surface area (Å²) >= 11 is 0. The van der Waals surface area contributed by atoms with Gasteiger partial charge in [0.1, 0.15) is 24.1 Å². The van der Waals surface area contributed by atoms with Crippen LogP contribution in [0.1, 0.15) is 6.92 Å². The Morgan fingerprint density at radius 2 is 1.74 bits per heavy atom. The van der Waals surface area contributed by atoms with Gasteiger partial charge in [-0.05, 0) is 55.5 Å². The van der Waals surface area contributed by atoms with E-state index in [-0.39, 0.29) is 31.1 Å². The molecule has 1 heterocycles. The maximum Gasteiger partial charge on any atom is 0.321 e. The second kappa shape index (κ2) is 11.6. The monoisotopic (exact) mass is 502 g/mol. The van der Waals surface area contributed by atoms with Crippen LogP contribution < -0.4 is 20.3 Å². The van der Waals surface area contributed by atoms with Crippen LogP contribution in [0.2, 0.25) is 0 Å². The minimum atomic E-state index is -4.12. The van der Waals surface area contributed by atoms with E-state index in [2.05, 4.69) is 17.2 Å². The third-order valence-corrected chi connectivity index (χ3v) is 7.21. The highest BCUT2D eigenvalue weighted by Crippen LogP contribution is 2.24. The highest BCUT2D eigenvalue weighted by molar-refractivity contribution is 7.89. The molecule has 35 heavy (non-hydrogen) atoms. The molecule has 11 nitrogen and oxygen atoms in total. The zero-order valence-corrected chi connectivity index (χ0v) is 20.0. The van der Waals surface area contributed by atoms with E-state index in [0.717, 1.165) is 4.31 Å². The summed E-state index contributed by atoms with van der Waals surface area (Å²) in [6, 6.07) is 10.5. The smallest absolute Gasteiger partial charge is 0.321 e. The first-order chi connectivity index (χ1) is 16.8. The Morgan fingerprint density at radius 3 is 2.34 bits per heavy atom. The standard InChI is InChI=1S/C23H26N4O7S/c1-3-4-15-34-19-9-11-20(12-10-19)35(31,32)27-14-13-26(16-21(27)22(28)25-30)23(29)24-17-5-7-18(33-2)8-6-17/h5-12,21,30H,13-16H2,1-2H3,(H,24,29)(H,25,28). The van der Waals surface area contributed by atoms with Crippen molar-refractivity contribution >= 4 is 27.6 Å². The van der Waals surface area contributed by atoms with E-state index in [1.165, 1.54) is 41.8 Å². The summed E-state index contributed by atoms with van der Waals surface area (Å²) in [6.45, 7) is 1.47. The molecular weight excluding hydrogens is 476 g/mol. The molecule has 12 heteroatoms. The van der Waals surface area contributed by atoms with Crippen LogP contribution in [-0.2, 0) is 14.8 Å². The Bertz CT molecular complexity index is 1210.